The molecular weight excluding hydrogens is 402 g/mol. The molecule has 0 aliphatic heterocycles. The van der Waals surface area contributed by atoms with Crippen molar-refractivity contribution in [2.45, 2.75) is 39.9 Å². The van der Waals surface area contributed by atoms with Crippen LogP contribution in [-0.4, -0.2) is 34.6 Å². The van der Waals surface area contributed by atoms with Crippen molar-refractivity contribution in [3.8, 4) is 5.75 Å². The molecular formula is C26H29N3O3. The highest BCUT2D eigenvalue weighted by atomic mass is 16.6. The lowest BCUT2D eigenvalue weighted by atomic mass is 9.99. The fourth-order valence-corrected chi connectivity index (χ4v) is 3.89. The summed E-state index contributed by atoms with van der Waals surface area (Å²) < 4.78 is 10.8. The number of nitrogen functional groups attached to an aromatic ring is 1. The number of benzene rings is 2. The van der Waals surface area contributed by atoms with Crippen LogP contribution < -0.4 is 10.5 Å². The van der Waals surface area contributed by atoms with Crippen LogP contribution in [0.3, 0.4) is 0 Å². The Labute approximate surface area is 188 Å². The molecule has 32 heavy (non-hydrogen) atoms. The van der Waals surface area contributed by atoms with E-state index in [0.717, 1.165) is 46.0 Å². The summed E-state index contributed by atoms with van der Waals surface area (Å²) in [5.74, 6) is 1.27. The molecule has 0 aliphatic rings. The summed E-state index contributed by atoms with van der Waals surface area (Å²) in [5.41, 5.74) is 12.6. The van der Waals surface area contributed by atoms with Gasteiger partial charge in [-0.1, -0.05) is 18.2 Å². The van der Waals surface area contributed by atoms with E-state index in [1.807, 2.05) is 18.3 Å². The van der Waals surface area contributed by atoms with Crippen LogP contribution >= 0.6 is 0 Å². The average Bonchev–Trinajstić information content (AvgIpc) is 2.75. The molecule has 0 spiro atoms. The molecule has 0 saturated carbocycles. The Morgan fingerprint density at radius 2 is 1.84 bits per heavy atom. The van der Waals surface area contributed by atoms with Gasteiger partial charge in [0.15, 0.2) is 12.1 Å². The van der Waals surface area contributed by atoms with E-state index in [1.165, 1.54) is 16.7 Å². The van der Waals surface area contributed by atoms with Gasteiger partial charge in [0.1, 0.15) is 17.9 Å². The summed E-state index contributed by atoms with van der Waals surface area (Å²) in [6, 6.07) is 14.6. The van der Waals surface area contributed by atoms with Gasteiger partial charge in [0.25, 0.3) is 0 Å². The van der Waals surface area contributed by atoms with E-state index in [9.17, 15) is 0 Å². The number of pyridine rings is 2. The van der Waals surface area contributed by atoms with E-state index in [-0.39, 0.29) is 0 Å². The van der Waals surface area contributed by atoms with Crippen molar-refractivity contribution in [2.24, 2.45) is 0 Å². The number of aryl methyl sites for hydroxylation is 4. The number of hydrogen-bond acceptors (Lipinski definition) is 6. The highest BCUT2D eigenvalue weighted by Crippen LogP contribution is 2.28. The second-order valence-corrected chi connectivity index (χ2v) is 8.16. The number of aliphatic hydroxyl groups is 1. The zero-order valence-corrected chi connectivity index (χ0v) is 18.8. The summed E-state index contributed by atoms with van der Waals surface area (Å²) in [5, 5.41) is 11.2. The fourth-order valence-electron chi connectivity index (χ4n) is 3.89. The van der Waals surface area contributed by atoms with Crippen LogP contribution in [0.15, 0.2) is 48.7 Å². The van der Waals surface area contributed by atoms with E-state index in [2.05, 4.69) is 54.1 Å². The zero-order chi connectivity index (χ0) is 22.7. The monoisotopic (exact) mass is 431 g/mol. The minimum absolute atomic E-state index is 0.349. The molecule has 0 aliphatic carbocycles. The van der Waals surface area contributed by atoms with Crippen molar-refractivity contribution in [3.63, 3.8) is 0 Å². The van der Waals surface area contributed by atoms with Crippen LogP contribution in [0.2, 0.25) is 0 Å². The summed E-state index contributed by atoms with van der Waals surface area (Å²) in [4.78, 5) is 9.15. The maximum atomic E-state index is 9.13. The summed E-state index contributed by atoms with van der Waals surface area (Å²) in [6.07, 6.45) is 2.90. The molecule has 2 heterocycles. The number of ether oxygens (including phenoxy) is 2. The molecule has 1 unspecified atom stereocenters. The third kappa shape index (κ3) is 4.98. The van der Waals surface area contributed by atoms with Gasteiger partial charge in [-0.15, -0.1) is 0 Å². The van der Waals surface area contributed by atoms with Crippen molar-refractivity contribution < 1.29 is 14.6 Å². The first-order valence-corrected chi connectivity index (χ1v) is 10.9. The predicted molar refractivity (Wildman–Crippen MR) is 128 cm³/mol. The van der Waals surface area contributed by atoms with Gasteiger partial charge in [0.2, 0.25) is 0 Å². The molecule has 0 saturated heterocycles. The Hall–Kier alpha value is -3.22. The topological polar surface area (TPSA) is 90.5 Å². The van der Waals surface area contributed by atoms with E-state index in [4.69, 9.17) is 20.3 Å². The molecule has 0 amide bonds. The molecule has 1 atom stereocenters. The Bertz CT molecular complexity index is 1250. The molecule has 4 rings (SSSR count). The molecule has 0 bridgehead atoms. The van der Waals surface area contributed by atoms with Gasteiger partial charge in [-0.2, -0.15) is 0 Å². The Kier molecular flexibility index (Phi) is 6.53. The lowest BCUT2D eigenvalue weighted by Crippen LogP contribution is -2.13. The quantitative estimate of drug-likeness (QED) is 0.242. The fraction of sp³-hybridized carbons (Fsp3) is 0.308. The van der Waals surface area contributed by atoms with Gasteiger partial charge in [-0.05, 0) is 80.1 Å². The first kappa shape index (κ1) is 22.0. The summed E-state index contributed by atoms with van der Waals surface area (Å²) in [6.45, 7) is 6.48. The average molecular weight is 432 g/mol. The van der Waals surface area contributed by atoms with E-state index in [1.54, 1.807) is 6.92 Å². The van der Waals surface area contributed by atoms with Crippen LogP contribution in [0.1, 0.15) is 29.2 Å². The maximum absolute atomic E-state index is 9.13. The Balaban J connectivity index is 1.48. The van der Waals surface area contributed by atoms with Gasteiger partial charge in [-0.25, -0.2) is 4.98 Å². The SMILES string of the molecule is Cc1ccc2c(c1)nc(N)c1ncc(CCc3ccc(OCCOC(C)O)cc3C)cc12. The number of anilines is 1. The largest absolute Gasteiger partial charge is 0.491 e. The number of fused-ring (bicyclic) bond motifs is 3. The maximum Gasteiger partial charge on any atom is 0.151 e. The Morgan fingerprint density at radius 1 is 1.00 bits per heavy atom. The molecule has 166 valence electrons. The van der Waals surface area contributed by atoms with Crippen LogP contribution in [0, 0.1) is 13.8 Å². The minimum atomic E-state index is -0.776. The molecule has 0 fully saturated rings. The Morgan fingerprint density at radius 3 is 2.62 bits per heavy atom. The minimum Gasteiger partial charge on any atom is -0.491 e. The number of aliphatic hydroxyl groups excluding tert-OH is 1. The number of aromatic nitrogens is 2. The first-order valence-electron chi connectivity index (χ1n) is 10.9. The smallest absolute Gasteiger partial charge is 0.151 e. The van der Waals surface area contributed by atoms with Crippen molar-refractivity contribution in [1.82, 2.24) is 9.97 Å². The lowest BCUT2D eigenvalue weighted by molar-refractivity contribution is -0.0913. The van der Waals surface area contributed by atoms with Crippen molar-refractivity contribution in [2.75, 3.05) is 18.9 Å². The number of hydrogen-bond donors (Lipinski definition) is 2. The van der Waals surface area contributed by atoms with Crippen LogP contribution in [0.4, 0.5) is 5.82 Å². The van der Waals surface area contributed by atoms with Crippen LogP contribution in [0.25, 0.3) is 21.8 Å². The summed E-state index contributed by atoms with van der Waals surface area (Å²) in [7, 11) is 0. The van der Waals surface area contributed by atoms with Gasteiger partial charge in [-0.3, -0.25) is 4.98 Å². The first-order chi connectivity index (χ1) is 15.4. The van der Waals surface area contributed by atoms with Gasteiger partial charge < -0.3 is 20.3 Å². The van der Waals surface area contributed by atoms with Crippen molar-refractivity contribution in [3.05, 3.63) is 70.9 Å². The molecule has 6 heteroatoms. The number of nitrogens with zero attached hydrogens (tertiary/aromatic N) is 2. The third-order valence-corrected chi connectivity index (χ3v) is 5.58. The summed E-state index contributed by atoms with van der Waals surface area (Å²) >= 11 is 0. The van der Waals surface area contributed by atoms with Gasteiger partial charge >= 0.3 is 0 Å². The molecule has 2 aromatic carbocycles. The lowest BCUT2D eigenvalue weighted by Gasteiger charge is -2.12. The van der Waals surface area contributed by atoms with E-state index < -0.39 is 6.29 Å². The van der Waals surface area contributed by atoms with E-state index >= 15 is 0 Å². The third-order valence-electron chi connectivity index (χ3n) is 5.58. The molecule has 3 N–H and O–H groups in total. The number of nitrogens with two attached hydrogens (primary N) is 1. The second-order valence-electron chi connectivity index (χ2n) is 8.16. The van der Waals surface area contributed by atoms with Crippen molar-refractivity contribution >= 4 is 27.6 Å². The van der Waals surface area contributed by atoms with Gasteiger partial charge in [0.05, 0.1) is 12.1 Å². The number of rotatable bonds is 8. The van der Waals surface area contributed by atoms with Crippen molar-refractivity contribution in [1.29, 1.82) is 0 Å². The molecule has 4 aromatic rings. The van der Waals surface area contributed by atoms with Crippen LogP contribution in [-0.2, 0) is 17.6 Å². The van der Waals surface area contributed by atoms with Crippen LogP contribution in [0.5, 0.6) is 5.75 Å². The predicted octanol–water partition coefficient (Wildman–Crippen LogP) is 4.50. The molecule has 0 radical (unpaired) electrons. The zero-order valence-electron chi connectivity index (χ0n) is 18.8. The molecule has 2 aromatic heterocycles. The highest BCUT2D eigenvalue weighted by Gasteiger charge is 2.10. The molecule has 6 nitrogen and oxygen atoms in total. The van der Waals surface area contributed by atoms with E-state index in [0.29, 0.717) is 19.0 Å². The van der Waals surface area contributed by atoms with Gasteiger partial charge in [0, 0.05) is 17.0 Å². The standard InChI is InChI=1S/C26H29N3O3/c1-16-4-9-22-23-14-19(15-28-25(23)26(27)29-24(22)12-16)5-6-20-7-8-21(13-17(20)2)32-11-10-31-18(3)30/h4,7-9,12-15,18,30H,5-6,10-11H2,1-3H3,(H2,27,29). The second kappa shape index (κ2) is 9.51. The normalized spacial score (nSPS) is 12.4. The highest BCUT2D eigenvalue weighted by molar-refractivity contribution is 6.08.